The van der Waals surface area contributed by atoms with Gasteiger partial charge in [-0.25, -0.2) is 8.78 Å². The van der Waals surface area contributed by atoms with E-state index < -0.39 is 12.4 Å². The Morgan fingerprint density at radius 1 is 1.65 bits per heavy atom. The molecule has 0 aliphatic carbocycles. The van der Waals surface area contributed by atoms with Gasteiger partial charge >= 0.3 is 5.97 Å². The van der Waals surface area contributed by atoms with Crippen molar-refractivity contribution in [3.05, 3.63) is 26.6 Å². The number of pyridine rings is 1. The molecule has 0 saturated carbocycles. The first-order chi connectivity index (χ1) is 7.99. The molecule has 0 aromatic carbocycles. The zero-order chi connectivity index (χ0) is 13.0. The van der Waals surface area contributed by atoms with E-state index in [1.54, 1.807) is 0 Å². The van der Waals surface area contributed by atoms with Gasteiger partial charge in [-0.1, -0.05) is 15.9 Å². The van der Waals surface area contributed by atoms with E-state index in [0.29, 0.717) is 20.2 Å². The lowest BCUT2D eigenvalue weighted by Crippen LogP contribution is -2.10. The van der Waals surface area contributed by atoms with Crippen molar-refractivity contribution in [3.8, 4) is 0 Å². The minimum Gasteiger partial charge on any atom is -0.469 e. The van der Waals surface area contributed by atoms with E-state index in [2.05, 4.69) is 25.7 Å². The van der Waals surface area contributed by atoms with Gasteiger partial charge < -0.3 is 4.74 Å². The molecule has 0 bridgehead atoms. The van der Waals surface area contributed by atoms with E-state index in [1.165, 1.54) is 13.2 Å². The predicted molar refractivity (Wildman–Crippen MR) is 70.3 cm³/mol. The topological polar surface area (TPSA) is 39.2 Å². The van der Waals surface area contributed by atoms with Crippen molar-refractivity contribution >= 4 is 44.5 Å². The van der Waals surface area contributed by atoms with E-state index in [1.807, 2.05) is 22.6 Å². The maximum Gasteiger partial charge on any atom is 0.310 e. The first-order valence-electron chi connectivity index (χ1n) is 4.58. The molecular formula is C10H9BrF2INO2. The summed E-state index contributed by atoms with van der Waals surface area (Å²) in [6.07, 6.45) is -2.58. The standard InChI is InChI=1S/C10H9BrF2INO2/c1-17-9(16)2-5-6(14)3-7(10(12)13)15-8(5)4-11/h3,10H,2,4H2,1H3. The summed E-state index contributed by atoms with van der Waals surface area (Å²) in [6.45, 7) is 0. The smallest absolute Gasteiger partial charge is 0.310 e. The number of carbonyl (C=O) groups excluding carboxylic acids is 1. The highest BCUT2D eigenvalue weighted by Gasteiger charge is 2.17. The van der Waals surface area contributed by atoms with Crippen LogP contribution in [-0.4, -0.2) is 18.1 Å². The summed E-state index contributed by atoms with van der Waals surface area (Å²) in [4.78, 5) is 15.0. The molecule has 7 heteroatoms. The van der Waals surface area contributed by atoms with Crippen molar-refractivity contribution in [2.45, 2.75) is 18.2 Å². The van der Waals surface area contributed by atoms with Crippen LogP contribution < -0.4 is 0 Å². The third kappa shape index (κ3) is 3.84. The van der Waals surface area contributed by atoms with Gasteiger partial charge in [0, 0.05) is 8.90 Å². The van der Waals surface area contributed by atoms with Gasteiger partial charge in [0.2, 0.25) is 0 Å². The highest BCUT2D eigenvalue weighted by Crippen LogP contribution is 2.25. The van der Waals surface area contributed by atoms with Crippen molar-refractivity contribution in [2.24, 2.45) is 0 Å². The van der Waals surface area contributed by atoms with Crippen molar-refractivity contribution < 1.29 is 18.3 Å². The zero-order valence-electron chi connectivity index (χ0n) is 8.84. The normalized spacial score (nSPS) is 10.7. The van der Waals surface area contributed by atoms with Crippen LogP contribution in [0.5, 0.6) is 0 Å². The molecular weight excluding hydrogens is 411 g/mol. The van der Waals surface area contributed by atoms with Crippen molar-refractivity contribution in [2.75, 3.05) is 7.11 Å². The second-order valence-electron chi connectivity index (χ2n) is 3.14. The molecule has 0 aliphatic rings. The quantitative estimate of drug-likeness (QED) is 0.427. The molecule has 0 atom stereocenters. The van der Waals surface area contributed by atoms with E-state index in [-0.39, 0.29) is 12.1 Å². The molecule has 1 aromatic rings. The number of ether oxygens (including phenoxy) is 1. The lowest BCUT2D eigenvalue weighted by molar-refractivity contribution is -0.139. The lowest BCUT2D eigenvalue weighted by atomic mass is 10.1. The number of carbonyl (C=O) groups is 1. The third-order valence-electron chi connectivity index (χ3n) is 2.07. The van der Waals surface area contributed by atoms with E-state index in [4.69, 9.17) is 0 Å². The fraction of sp³-hybridized carbons (Fsp3) is 0.400. The van der Waals surface area contributed by atoms with Crippen LogP contribution in [0.2, 0.25) is 0 Å². The Labute approximate surface area is 119 Å². The van der Waals surface area contributed by atoms with Gasteiger partial charge in [0.25, 0.3) is 6.43 Å². The van der Waals surface area contributed by atoms with Crippen LogP contribution in [0.15, 0.2) is 6.07 Å². The summed E-state index contributed by atoms with van der Waals surface area (Å²) >= 11 is 5.09. The Bertz CT molecular complexity index is 429. The highest BCUT2D eigenvalue weighted by molar-refractivity contribution is 14.1. The number of hydrogen-bond acceptors (Lipinski definition) is 3. The van der Waals surface area contributed by atoms with Crippen molar-refractivity contribution in [3.63, 3.8) is 0 Å². The van der Waals surface area contributed by atoms with Gasteiger partial charge in [-0.15, -0.1) is 0 Å². The third-order valence-corrected chi connectivity index (χ3v) is 3.57. The van der Waals surface area contributed by atoms with Crippen LogP contribution in [0.1, 0.15) is 23.4 Å². The molecule has 94 valence electrons. The van der Waals surface area contributed by atoms with Crippen LogP contribution in [0, 0.1) is 3.57 Å². The first kappa shape index (κ1) is 14.7. The summed E-state index contributed by atoms with van der Waals surface area (Å²) in [5.74, 6) is -0.420. The second kappa shape index (κ2) is 6.58. The molecule has 3 nitrogen and oxygen atoms in total. The van der Waals surface area contributed by atoms with Gasteiger partial charge in [-0.3, -0.25) is 9.78 Å². The monoisotopic (exact) mass is 419 g/mol. The highest BCUT2D eigenvalue weighted by atomic mass is 127. The molecule has 0 N–H and O–H groups in total. The largest absolute Gasteiger partial charge is 0.469 e. The van der Waals surface area contributed by atoms with Gasteiger partial charge in [0.05, 0.1) is 19.2 Å². The van der Waals surface area contributed by atoms with Crippen LogP contribution in [-0.2, 0) is 21.3 Å². The molecule has 0 fully saturated rings. The number of methoxy groups -OCH3 is 1. The molecule has 17 heavy (non-hydrogen) atoms. The number of aromatic nitrogens is 1. The fourth-order valence-corrected chi connectivity index (χ4v) is 2.52. The molecule has 0 unspecified atom stereocenters. The minimum atomic E-state index is -2.62. The Kier molecular flexibility index (Phi) is 5.71. The maximum absolute atomic E-state index is 12.6. The summed E-state index contributed by atoms with van der Waals surface area (Å²) in [5, 5.41) is 0.315. The predicted octanol–water partition coefficient (Wildman–Crippen LogP) is 3.23. The number of esters is 1. The number of hydrogen-bond donors (Lipinski definition) is 0. The van der Waals surface area contributed by atoms with Gasteiger partial charge in [0.15, 0.2) is 0 Å². The SMILES string of the molecule is COC(=O)Cc1c(I)cc(C(F)F)nc1CBr. The van der Waals surface area contributed by atoms with Crippen LogP contribution in [0.3, 0.4) is 0 Å². The Balaban J connectivity index is 3.16. The first-order valence-corrected chi connectivity index (χ1v) is 6.78. The van der Waals surface area contributed by atoms with E-state index in [9.17, 15) is 13.6 Å². The average Bonchev–Trinajstić information content (AvgIpc) is 2.30. The van der Waals surface area contributed by atoms with Crippen LogP contribution in [0.4, 0.5) is 8.78 Å². The molecule has 1 heterocycles. The summed E-state index contributed by atoms with van der Waals surface area (Å²) < 4.78 is 30.2. The van der Waals surface area contributed by atoms with Crippen LogP contribution in [0.25, 0.3) is 0 Å². The molecule has 0 saturated heterocycles. The Morgan fingerprint density at radius 3 is 2.76 bits per heavy atom. The molecule has 0 aliphatic heterocycles. The van der Waals surface area contributed by atoms with Crippen molar-refractivity contribution in [1.29, 1.82) is 0 Å². The fourth-order valence-electron chi connectivity index (χ4n) is 1.24. The average molecular weight is 420 g/mol. The second-order valence-corrected chi connectivity index (χ2v) is 4.86. The number of halogens is 4. The number of rotatable bonds is 4. The summed E-state index contributed by atoms with van der Waals surface area (Å²) in [5.41, 5.74) is 0.786. The molecule has 0 radical (unpaired) electrons. The zero-order valence-corrected chi connectivity index (χ0v) is 12.6. The molecule has 0 amide bonds. The molecule has 1 rings (SSSR count). The number of alkyl halides is 3. The molecule has 1 aromatic heterocycles. The Morgan fingerprint density at radius 2 is 2.29 bits per heavy atom. The Hall–Kier alpha value is -0.310. The van der Waals surface area contributed by atoms with E-state index >= 15 is 0 Å². The molecule has 0 spiro atoms. The lowest BCUT2D eigenvalue weighted by Gasteiger charge is -2.10. The summed E-state index contributed by atoms with van der Waals surface area (Å²) in [6, 6.07) is 1.29. The van der Waals surface area contributed by atoms with E-state index in [0.717, 1.165) is 0 Å². The van der Waals surface area contributed by atoms with Crippen molar-refractivity contribution in [1.82, 2.24) is 4.98 Å². The maximum atomic E-state index is 12.6. The van der Waals surface area contributed by atoms with Gasteiger partial charge in [-0.2, -0.15) is 0 Å². The van der Waals surface area contributed by atoms with Gasteiger partial charge in [-0.05, 0) is 34.2 Å². The summed E-state index contributed by atoms with van der Waals surface area (Å²) in [7, 11) is 1.28. The van der Waals surface area contributed by atoms with Crippen LogP contribution >= 0.6 is 38.5 Å². The van der Waals surface area contributed by atoms with Gasteiger partial charge in [0.1, 0.15) is 5.69 Å². The minimum absolute atomic E-state index is 0.0340. The number of nitrogens with zero attached hydrogens (tertiary/aromatic N) is 1.